The molecule has 0 unspecified atom stereocenters. The minimum atomic E-state index is -0.594. The molecule has 1 aliphatic heterocycles. The fourth-order valence-corrected chi connectivity index (χ4v) is 5.04. The Bertz CT molecular complexity index is 1690. The van der Waals surface area contributed by atoms with Gasteiger partial charge in [-0.25, -0.2) is 0 Å². The largest absolute Gasteiger partial charge is 0.467 e. The zero-order chi connectivity index (χ0) is 25.2. The van der Waals surface area contributed by atoms with Crippen molar-refractivity contribution in [1.29, 1.82) is 5.26 Å². The highest BCUT2D eigenvalue weighted by Gasteiger charge is 2.19. The molecule has 1 N–H and O–H groups in total. The molecule has 36 heavy (non-hydrogen) atoms. The van der Waals surface area contributed by atoms with Crippen LogP contribution < -0.4 is 29.5 Å². The van der Waals surface area contributed by atoms with Crippen molar-refractivity contribution in [3.05, 3.63) is 96.8 Å². The highest BCUT2D eigenvalue weighted by atomic mass is 32.1. The zero-order valence-corrected chi connectivity index (χ0v) is 20.3. The molecular weight excluding hydrogens is 478 g/mol. The monoisotopic (exact) mass is 499 g/mol. The van der Waals surface area contributed by atoms with Gasteiger partial charge in [-0.15, -0.1) is 11.3 Å². The number of nitrogens with one attached hydrogen (secondary N) is 1. The first-order valence-corrected chi connectivity index (χ1v) is 11.9. The van der Waals surface area contributed by atoms with Crippen molar-refractivity contribution in [3.63, 3.8) is 0 Å². The van der Waals surface area contributed by atoms with Gasteiger partial charge in [0.2, 0.25) is 6.79 Å². The maximum absolute atomic E-state index is 13.7. The first-order chi connectivity index (χ1) is 17.4. The van der Waals surface area contributed by atoms with Crippen molar-refractivity contribution in [1.82, 2.24) is 9.88 Å². The van der Waals surface area contributed by atoms with E-state index in [9.17, 15) is 14.9 Å². The molecule has 2 aromatic carbocycles. The molecular formula is C27H21N3O5S. The van der Waals surface area contributed by atoms with E-state index < -0.39 is 5.91 Å². The average molecular weight is 500 g/mol. The number of thiazole rings is 1. The van der Waals surface area contributed by atoms with Gasteiger partial charge in [0.25, 0.3) is 11.5 Å². The molecule has 1 aliphatic rings. The predicted octanol–water partition coefficient (Wildman–Crippen LogP) is 2.66. The standard InChI is InChI=1S/C27H21N3O5S/c1-16-5-7-21(17(2)10-16)30-26(32)24(12-18-6-8-22-23(11-18)35-15-34-22)36-27(30)20(13-28)25(31)29-14-19-4-3-9-33-19/h3-12H,14-15H2,1-2H3,(H,29,31)/b24-12+,27-20+. The molecule has 9 heteroatoms. The third-order valence-corrected chi connectivity index (χ3v) is 6.76. The lowest BCUT2D eigenvalue weighted by Gasteiger charge is -2.08. The van der Waals surface area contributed by atoms with Crippen LogP contribution in [0, 0.1) is 25.2 Å². The molecule has 0 saturated carbocycles. The van der Waals surface area contributed by atoms with Crippen LogP contribution >= 0.6 is 11.3 Å². The Morgan fingerprint density at radius 1 is 1.17 bits per heavy atom. The summed E-state index contributed by atoms with van der Waals surface area (Å²) in [6.45, 7) is 4.11. The Kier molecular flexibility index (Phi) is 6.19. The van der Waals surface area contributed by atoms with E-state index in [0.29, 0.717) is 27.5 Å². The van der Waals surface area contributed by atoms with E-state index in [0.717, 1.165) is 28.0 Å². The molecule has 0 atom stereocenters. The number of aromatic nitrogens is 1. The summed E-state index contributed by atoms with van der Waals surface area (Å²) in [7, 11) is 0. The van der Waals surface area contributed by atoms with Crippen LogP contribution in [-0.2, 0) is 11.3 Å². The summed E-state index contributed by atoms with van der Waals surface area (Å²) in [6.07, 6.45) is 3.22. The van der Waals surface area contributed by atoms with E-state index >= 15 is 0 Å². The Morgan fingerprint density at radius 2 is 2.00 bits per heavy atom. The van der Waals surface area contributed by atoms with Crippen molar-refractivity contribution in [2.45, 2.75) is 20.4 Å². The number of ether oxygens (including phenoxy) is 2. The van der Waals surface area contributed by atoms with Crippen molar-refractivity contribution in [2.24, 2.45) is 0 Å². The number of hydrogen-bond acceptors (Lipinski definition) is 7. The lowest BCUT2D eigenvalue weighted by molar-refractivity contribution is -0.115. The first-order valence-electron chi connectivity index (χ1n) is 11.1. The number of furan rings is 1. The number of nitriles is 1. The fraction of sp³-hybridized carbons (Fsp3) is 0.148. The van der Waals surface area contributed by atoms with Crippen LogP contribution in [-0.4, -0.2) is 17.3 Å². The first kappa shape index (κ1) is 23.2. The number of fused-ring (bicyclic) bond motifs is 1. The van der Waals surface area contributed by atoms with E-state index in [-0.39, 0.29) is 29.1 Å². The molecule has 1 amide bonds. The average Bonchev–Trinajstić information content (AvgIpc) is 3.60. The number of carbonyl (C=O) groups excluding carboxylic acids is 1. The lowest BCUT2D eigenvalue weighted by atomic mass is 10.1. The molecule has 180 valence electrons. The predicted molar refractivity (Wildman–Crippen MR) is 134 cm³/mol. The van der Waals surface area contributed by atoms with Crippen LogP contribution in [0.5, 0.6) is 11.5 Å². The normalized spacial score (nSPS) is 13.4. The topological polar surface area (TPSA) is 106 Å². The summed E-state index contributed by atoms with van der Waals surface area (Å²) in [5.41, 5.74) is 2.74. The van der Waals surface area contributed by atoms with Crippen LogP contribution in [0.3, 0.4) is 0 Å². The molecule has 4 aromatic rings. The third kappa shape index (κ3) is 4.42. The van der Waals surface area contributed by atoms with Crippen LogP contribution in [0.1, 0.15) is 22.5 Å². The van der Waals surface area contributed by atoms with E-state index in [1.807, 2.05) is 44.2 Å². The van der Waals surface area contributed by atoms with Crippen LogP contribution in [0.25, 0.3) is 17.3 Å². The number of hydrogen-bond donors (Lipinski definition) is 1. The number of carbonyl (C=O) groups is 1. The van der Waals surface area contributed by atoms with E-state index in [1.165, 1.54) is 10.8 Å². The zero-order valence-electron chi connectivity index (χ0n) is 19.5. The molecule has 2 aromatic heterocycles. The molecule has 0 radical (unpaired) electrons. The highest BCUT2D eigenvalue weighted by molar-refractivity contribution is 7.07. The summed E-state index contributed by atoms with van der Waals surface area (Å²) in [6, 6.07) is 16.5. The van der Waals surface area contributed by atoms with E-state index in [4.69, 9.17) is 13.9 Å². The Morgan fingerprint density at radius 3 is 2.75 bits per heavy atom. The van der Waals surface area contributed by atoms with E-state index in [1.54, 1.807) is 30.3 Å². The van der Waals surface area contributed by atoms with Gasteiger partial charge in [0.15, 0.2) is 17.1 Å². The molecule has 0 saturated heterocycles. The Labute approximate surface area is 209 Å². The molecule has 5 rings (SSSR count). The van der Waals surface area contributed by atoms with Crippen molar-refractivity contribution in [3.8, 4) is 23.3 Å². The van der Waals surface area contributed by atoms with Crippen LogP contribution in [0.15, 0.2) is 64.0 Å². The van der Waals surface area contributed by atoms with Gasteiger partial charge in [0.05, 0.1) is 23.0 Å². The maximum atomic E-state index is 13.7. The summed E-state index contributed by atoms with van der Waals surface area (Å²) >= 11 is 1.09. The molecule has 0 spiro atoms. The summed E-state index contributed by atoms with van der Waals surface area (Å²) in [5.74, 6) is 1.19. The molecule has 3 heterocycles. The lowest BCUT2D eigenvalue weighted by Crippen LogP contribution is -2.34. The quantitative estimate of drug-likeness (QED) is 0.453. The minimum Gasteiger partial charge on any atom is -0.467 e. The molecule has 0 bridgehead atoms. The van der Waals surface area contributed by atoms with Crippen molar-refractivity contribution >= 4 is 28.9 Å². The number of nitrogens with zero attached hydrogens (tertiary/aromatic N) is 2. The van der Waals surface area contributed by atoms with Gasteiger partial charge in [-0.2, -0.15) is 5.26 Å². The van der Waals surface area contributed by atoms with Gasteiger partial charge in [0.1, 0.15) is 16.5 Å². The van der Waals surface area contributed by atoms with Gasteiger partial charge >= 0.3 is 0 Å². The number of rotatable bonds is 5. The Balaban J connectivity index is 1.70. The molecule has 8 nitrogen and oxygen atoms in total. The Hall–Kier alpha value is -4.55. The number of benzene rings is 2. The van der Waals surface area contributed by atoms with Gasteiger partial charge in [-0.05, 0) is 61.4 Å². The second-order valence-corrected chi connectivity index (χ2v) is 9.24. The van der Waals surface area contributed by atoms with Gasteiger partial charge < -0.3 is 19.2 Å². The van der Waals surface area contributed by atoms with Gasteiger partial charge in [0, 0.05) is 0 Å². The van der Waals surface area contributed by atoms with Crippen LogP contribution in [0.4, 0.5) is 0 Å². The summed E-state index contributed by atoms with van der Waals surface area (Å²) in [5, 5.41) is 12.7. The van der Waals surface area contributed by atoms with Crippen molar-refractivity contribution in [2.75, 3.05) is 6.79 Å². The minimum absolute atomic E-state index is 0.117. The van der Waals surface area contributed by atoms with Gasteiger partial charge in [-0.1, -0.05) is 23.8 Å². The number of aryl methyl sites for hydroxylation is 2. The number of amides is 1. The SMILES string of the molecule is Cc1ccc(-n2c(=O)/c(=C\c3ccc4c(c3)OCO4)s/c2=C(\C#N)C(=O)NCc2ccco2)c(C)c1. The summed E-state index contributed by atoms with van der Waals surface area (Å²) in [4.78, 5) is 26.7. The van der Waals surface area contributed by atoms with Crippen molar-refractivity contribution < 1.29 is 18.7 Å². The second kappa shape index (κ2) is 9.60. The van der Waals surface area contributed by atoms with E-state index in [2.05, 4.69) is 5.32 Å². The third-order valence-electron chi connectivity index (χ3n) is 5.67. The summed E-state index contributed by atoms with van der Waals surface area (Å²) < 4.78 is 18.1. The van der Waals surface area contributed by atoms with Gasteiger partial charge in [-0.3, -0.25) is 14.2 Å². The van der Waals surface area contributed by atoms with Crippen LogP contribution in [0.2, 0.25) is 0 Å². The fourth-order valence-electron chi connectivity index (χ4n) is 3.94. The molecule has 0 aliphatic carbocycles. The maximum Gasteiger partial charge on any atom is 0.273 e. The smallest absolute Gasteiger partial charge is 0.273 e. The second-order valence-electron chi connectivity index (χ2n) is 8.21. The highest BCUT2D eigenvalue weighted by Crippen LogP contribution is 2.32. The molecule has 0 fully saturated rings.